The number of rotatable bonds is 4. The van der Waals surface area contributed by atoms with E-state index in [-0.39, 0.29) is 11.9 Å². The van der Waals surface area contributed by atoms with Gasteiger partial charge in [0.2, 0.25) is 0 Å². The number of benzene rings is 1. The average Bonchev–Trinajstić information content (AvgIpc) is 2.85. The van der Waals surface area contributed by atoms with Crippen LogP contribution in [-0.2, 0) is 0 Å². The minimum atomic E-state index is -0.500. The number of nitrogens with one attached hydrogen (secondary N) is 1. The van der Waals surface area contributed by atoms with E-state index in [1.165, 1.54) is 0 Å². The van der Waals surface area contributed by atoms with Gasteiger partial charge in [-0.1, -0.05) is 17.7 Å². The Morgan fingerprint density at radius 1 is 1.09 bits per heavy atom. The van der Waals surface area contributed by atoms with E-state index in [4.69, 9.17) is 21.8 Å². The number of piperazine rings is 1. The third-order valence-corrected chi connectivity index (χ3v) is 8.83. The topological polar surface area (TPSA) is 92.5 Å². The number of hydrogen-bond acceptors (Lipinski definition) is 6. The van der Waals surface area contributed by atoms with Crippen molar-refractivity contribution in [2.24, 2.45) is 17.8 Å². The highest BCUT2D eigenvalue weighted by molar-refractivity contribution is 6.33. The van der Waals surface area contributed by atoms with Crippen LogP contribution in [0.15, 0.2) is 36.4 Å². The van der Waals surface area contributed by atoms with Crippen molar-refractivity contribution in [3.63, 3.8) is 0 Å². The molecule has 0 spiro atoms. The van der Waals surface area contributed by atoms with Crippen LogP contribution in [0.3, 0.4) is 0 Å². The molecule has 35 heavy (non-hydrogen) atoms. The molecule has 4 bridgehead atoms. The van der Waals surface area contributed by atoms with Gasteiger partial charge in [0.25, 0.3) is 5.91 Å². The van der Waals surface area contributed by atoms with Crippen LogP contribution in [0.4, 0.5) is 11.5 Å². The number of nitriles is 1. The van der Waals surface area contributed by atoms with E-state index >= 15 is 0 Å². The van der Waals surface area contributed by atoms with Gasteiger partial charge in [-0.05, 0) is 80.2 Å². The lowest BCUT2D eigenvalue weighted by molar-refractivity contribution is -0.136. The molecule has 5 fully saturated rings. The van der Waals surface area contributed by atoms with E-state index in [2.05, 4.69) is 21.2 Å². The van der Waals surface area contributed by atoms with Crippen LogP contribution in [0.2, 0.25) is 5.02 Å². The minimum absolute atomic E-state index is 0.112. The maximum absolute atomic E-state index is 13.2. The number of pyridine rings is 1. The van der Waals surface area contributed by atoms with Crippen LogP contribution < -0.4 is 15.1 Å². The average molecular weight is 492 g/mol. The monoisotopic (exact) mass is 491 g/mol. The number of amides is 1. The largest absolute Gasteiger partial charge is 0.390 e. The van der Waals surface area contributed by atoms with Gasteiger partial charge in [-0.2, -0.15) is 5.26 Å². The molecule has 1 saturated heterocycles. The molecule has 1 aromatic carbocycles. The van der Waals surface area contributed by atoms with E-state index < -0.39 is 5.60 Å². The molecule has 2 atom stereocenters. The number of aliphatic hydroxyl groups is 1. The lowest BCUT2D eigenvalue weighted by Gasteiger charge is -2.58. The maximum Gasteiger partial charge on any atom is 0.270 e. The molecule has 1 aliphatic heterocycles. The fourth-order valence-electron chi connectivity index (χ4n) is 7.18. The summed E-state index contributed by atoms with van der Waals surface area (Å²) in [6, 6.07) is 13.3. The summed E-state index contributed by atoms with van der Waals surface area (Å²) in [6.45, 7) is 3.08. The third kappa shape index (κ3) is 4.23. The van der Waals surface area contributed by atoms with Gasteiger partial charge in [0.1, 0.15) is 11.5 Å². The predicted octanol–water partition coefficient (Wildman–Crippen LogP) is 3.60. The van der Waals surface area contributed by atoms with Crippen LogP contribution in [-0.4, -0.2) is 53.8 Å². The smallest absolute Gasteiger partial charge is 0.270 e. The Bertz CT molecular complexity index is 1170. The second-order valence-electron chi connectivity index (χ2n) is 10.8. The zero-order valence-corrected chi connectivity index (χ0v) is 20.4. The maximum atomic E-state index is 13.2. The van der Waals surface area contributed by atoms with Gasteiger partial charge in [0.05, 0.1) is 27.9 Å². The van der Waals surface area contributed by atoms with Gasteiger partial charge in [-0.25, -0.2) is 4.98 Å². The lowest BCUT2D eigenvalue weighted by Crippen LogP contribution is -2.61. The Morgan fingerprint density at radius 3 is 2.46 bits per heavy atom. The van der Waals surface area contributed by atoms with Crippen LogP contribution in [0, 0.1) is 29.1 Å². The summed E-state index contributed by atoms with van der Waals surface area (Å²) < 4.78 is 0. The zero-order chi connectivity index (χ0) is 24.2. The molecule has 2 N–H and O–H groups in total. The number of carbonyl (C=O) groups excluding carboxylic acids is 1. The molecule has 1 aromatic heterocycles. The predicted molar refractivity (Wildman–Crippen MR) is 135 cm³/mol. The van der Waals surface area contributed by atoms with E-state index in [0.717, 1.165) is 69.8 Å². The fourth-order valence-corrected chi connectivity index (χ4v) is 7.48. The van der Waals surface area contributed by atoms with Crippen molar-refractivity contribution in [1.29, 1.82) is 5.26 Å². The van der Waals surface area contributed by atoms with Crippen LogP contribution >= 0.6 is 11.6 Å². The molecule has 2 aromatic rings. The van der Waals surface area contributed by atoms with Crippen LogP contribution in [0.1, 0.15) is 48.2 Å². The van der Waals surface area contributed by atoms with Crippen molar-refractivity contribution < 1.29 is 9.90 Å². The lowest BCUT2D eigenvalue weighted by atomic mass is 9.52. The summed E-state index contributed by atoms with van der Waals surface area (Å²) >= 11 is 6.41. The Kier molecular flexibility index (Phi) is 5.62. The van der Waals surface area contributed by atoms with E-state index in [1.807, 2.05) is 18.2 Å². The molecule has 4 aliphatic carbocycles. The Morgan fingerprint density at radius 2 is 1.80 bits per heavy atom. The molecule has 8 heteroatoms. The highest BCUT2D eigenvalue weighted by Crippen LogP contribution is 2.55. The molecule has 4 saturated carbocycles. The van der Waals surface area contributed by atoms with E-state index in [9.17, 15) is 9.90 Å². The van der Waals surface area contributed by atoms with Crippen molar-refractivity contribution >= 4 is 29.0 Å². The molecule has 1 amide bonds. The molecular weight excluding hydrogens is 462 g/mol. The molecule has 7 rings (SSSR count). The molecule has 182 valence electrons. The van der Waals surface area contributed by atoms with Gasteiger partial charge >= 0.3 is 0 Å². The summed E-state index contributed by atoms with van der Waals surface area (Å²) in [5.41, 5.74) is 1.44. The summed E-state index contributed by atoms with van der Waals surface area (Å²) in [4.78, 5) is 22.3. The molecule has 0 radical (unpaired) electrons. The Hall–Kier alpha value is -2.82. The quantitative estimate of drug-likeness (QED) is 0.678. The number of anilines is 2. The highest BCUT2D eigenvalue weighted by atomic mass is 35.5. The second kappa shape index (κ2) is 8.69. The number of nitrogens with zero attached hydrogens (tertiary/aromatic N) is 4. The van der Waals surface area contributed by atoms with E-state index in [1.54, 1.807) is 18.2 Å². The Balaban J connectivity index is 1.10. The summed E-state index contributed by atoms with van der Waals surface area (Å²) in [5, 5.41) is 23.8. The van der Waals surface area contributed by atoms with Crippen molar-refractivity contribution in [2.45, 2.75) is 43.7 Å². The van der Waals surface area contributed by atoms with Crippen LogP contribution in [0.25, 0.3) is 0 Å². The van der Waals surface area contributed by atoms with Gasteiger partial charge in [0, 0.05) is 32.2 Å². The van der Waals surface area contributed by atoms with Gasteiger partial charge in [0.15, 0.2) is 0 Å². The van der Waals surface area contributed by atoms with Crippen molar-refractivity contribution in [1.82, 2.24) is 10.3 Å². The number of carbonyl (C=O) groups is 1. The van der Waals surface area contributed by atoms with Crippen molar-refractivity contribution in [2.75, 3.05) is 36.0 Å². The van der Waals surface area contributed by atoms with Crippen molar-refractivity contribution in [3.8, 4) is 6.07 Å². The molecular formula is C27H30ClN5O2. The zero-order valence-electron chi connectivity index (χ0n) is 19.7. The minimum Gasteiger partial charge on any atom is -0.390 e. The summed E-state index contributed by atoms with van der Waals surface area (Å²) in [6.07, 6.45) is 4.79. The second-order valence-corrected chi connectivity index (χ2v) is 11.2. The highest BCUT2D eigenvalue weighted by Gasteiger charge is 2.55. The number of hydrogen-bond donors (Lipinski definition) is 2. The first-order chi connectivity index (χ1) is 16.9. The van der Waals surface area contributed by atoms with Crippen molar-refractivity contribution in [3.05, 3.63) is 52.7 Å². The molecule has 2 unspecified atom stereocenters. The normalized spacial score (nSPS) is 31.3. The van der Waals surface area contributed by atoms with Gasteiger partial charge < -0.3 is 20.2 Å². The SMILES string of the molecule is N#Cc1ccc(N2CCN(c3cccc(C(=O)NC4C5CC6CC4CC(O)(C6)C5)n3)CC2)c(Cl)c1. The standard InChI is InChI=1S/C27H30ClN5O2/c28-21-12-17(16-29)4-5-23(21)32-6-8-33(9-7-32)24-3-1-2-22(30-24)26(34)31-25-19-10-18-11-20(25)15-27(35,13-18)14-19/h1-5,12,18-20,25,35H,6-11,13-15H2,(H,31,34). The first kappa shape index (κ1) is 22.6. The summed E-state index contributed by atoms with van der Waals surface area (Å²) in [5.74, 6) is 2.06. The Labute approximate surface area is 210 Å². The number of halogens is 1. The first-order valence-corrected chi connectivity index (χ1v) is 13.0. The number of aromatic nitrogens is 1. The summed E-state index contributed by atoms with van der Waals surface area (Å²) in [7, 11) is 0. The molecule has 5 aliphatic rings. The molecule has 2 heterocycles. The van der Waals surface area contributed by atoms with Gasteiger partial charge in [-0.15, -0.1) is 0 Å². The van der Waals surface area contributed by atoms with E-state index in [0.29, 0.717) is 34.0 Å². The molecule has 7 nitrogen and oxygen atoms in total. The fraction of sp³-hybridized carbons (Fsp3) is 0.519. The van der Waals surface area contributed by atoms with Gasteiger partial charge in [-0.3, -0.25) is 4.79 Å². The van der Waals surface area contributed by atoms with Crippen LogP contribution in [0.5, 0.6) is 0 Å². The third-order valence-electron chi connectivity index (χ3n) is 8.53. The first-order valence-electron chi connectivity index (χ1n) is 12.6.